The van der Waals surface area contributed by atoms with Crippen LogP contribution >= 0.6 is 0 Å². The Balaban J connectivity index is 1.22. The number of nitrogens with zero attached hydrogens (tertiary/aromatic N) is 3. The SMILES string of the molecule is c1cnc2c(c1)-c1cccc3nc(-n4c5ccccc5c5cc(-c6ccc7oc8ccccc8c7c6)ccc54)cc-2c13. The molecule has 1 aliphatic rings. The molecule has 0 spiro atoms. The Morgan fingerprint density at radius 3 is 2.24 bits per heavy atom. The van der Waals surface area contributed by atoms with Gasteiger partial charge in [0.2, 0.25) is 0 Å². The Labute approximate surface area is 240 Å². The maximum absolute atomic E-state index is 6.08. The fourth-order valence-corrected chi connectivity index (χ4v) is 6.94. The molecule has 4 nitrogen and oxygen atoms in total. The van der Waals surface area contributed by atoms with Crippen molar-refractivity contribution in [3.8, 4) is 39.3 Å². The van der Waals surface area contributed by atoms with Crippen molar-refractivity contribution in [3.63, 3.8) is 0 Å². The second-order valence-electron chi connectivity index (χ2n) is 11.0. The normalized spacial score (nSPS) is 12.3. The lowest BCUT2D eigenvalue weighted by molar-refractivity contribution is 0.669. The van der Waals surface area contributed by atoms with Gasteiger partial charge in [-0.05, 0) is 71.3 Å². The van der Waals surface area contributed by atoms with Gasteiger partial charge >= 0.3 is 0 Å². The number of hydrogen-bond acceptors (Lipinski definition) is 3. The van der Waals surface area contributed by atoms with Crippen molar-refractivity contribution >= 4 is 54.6 Å². The first-order valence-corrected chi connectivity index (χ1v) is 14.2. The number of hydrogen-bond donors (Lipinski definition) is 0. The molecule has 0 amide bonds. The smallest absolute Gasteiger partial charge is 0.138 e. The van der Waals surface area contributed by atoms with E-state index in [-0.39, 0.29) is 0 Å². The topological polar surface area (TPSA) is 43.9 Å². The monoisotopic (exact) mass is 535 g/mol. The highest BCUT2D eigenvalue weighted by Crippen LogP contribution is 2.46. The Morgan fingerprint density at radius 2 is 1.29 bits per heavy atom. The molecule has 42 heavy (non-hydrogen) atoms. The second-order valence-corrected chi connectivity index (χ2v) is 11.0. The molecular formula is C38H21N3O. The molecule has 0 unspecified atom stereocenters. The van der Waals surface area contributed by atoms with E-state index in [1.54, 1.807) is 0 Å². The van der Waals surface area contributed by atoms with Gasteiger partial charge in [0, 0.05) is 44.3 Å². The third-order valence-electron chi connectivity index (χ3n) is 8.78. The molecular weight excluding hydrogens is 514 g/mol. The summed E-state index contributed by atoms with van der Waals surface area (Å²) in [5.41, 5.74) is 12.0. The van der Waals surface area contributed by atoms with E-state index in [1.807, 2.05) is 24.4 Å². The van der Waals surface area contributed by atoms with Crippen LogP contribution in [0, 0.1) is 0 Å². The van der Waals surface area contributed by atoms with Crippen molar-refractivity contribution in [2.75, 3.05) is 0 Å². The van der Waals surface area contributed by atoms with Crippen molar-refractivity contribution < 1.29 is 4.42 Å². The fraction of sp³-hybridized carbons (Fsp3) is 0. The van der Waals surface area contributed by atoms with Gasteiger partial charge in [-0.3, -0.25) is 9.55 Å². The van der Waals surface area contributed by atoms with Crippen LogP contribution in [0.2, 0.25) is 0 Å². The molecule has 4 heteroatoms. The largest absolute Gasteiger partial charge is 0.456 e. The number of aromatic nitrogens is 3. The van der Waals surface area contributed by atoms with E-state index in [0.29, 0.717) is 0 Å². The number of benzene rings is 5. The third kappa shape index (κ3) is 2.85. The zero-order chi connectivity index (χ0) is 27.4. The first-order chi connectivity index (χ1) is 20.8. The standard InChI is InChI=1S/C38H21N3O/c1-3-12-32-24(7-1)28-19-22(23-15-17-35-29(20-23)25-8-2-4-13-34(25)42-35)14-16-33(28)41(32)36-21-30-37-26(9-5-11-31(37)40-36)27-10-6-18-39-38(27)30/h1-21H. The van der Waals surface area contributed by atoms with Gasteiger partial charge in [-0.25, -0.2) is 4.98 Å². The highest BCUT2D eigenvalue weighted by atomic mass is 16.3. The summed E-state index contributed by atoms with van der Waals surface area (Å²) >= 11 is 0. The first-order valence-electron chi connectivity index (χ1n) is 14.2. The summed E-state index contributed by atoms with van der Waals surface area (Å²) in [5, 5.41) is 5.86. The molecule has 0 aliphatic heterocycles. The van der Waals surface area contributed by atoms with Gasteiger partial charge in [0.1, 0.15) is 17.0 Å². The van der Waals surface area contributed by atoms with E-state index in [2.05, 4.69) is 108 Å². The summed E-state index contributed by atoms with van der Waals surface area (Å²) in [5.74, 6) is 0.901. The van der Waals surface area contributed by atoms with Gasteiger partial charge < -0.3 is 4.42 Å². The van der Waals surface area contributed by atoms with E-state index < -0.39 is 0 Å². The summed E-state index contributed by atoms with van der Waals surface area (Å²) in [4.78, 5) is 10.0. The quantitative estimate of drug-likeness (QED) is 0.221. The lowest BCUT2D eigenvalue weighted by atomic mass is 10.0. The Bertz CT molecular complexity index is 2590. The lowest BCUT2D eigenvalue weighted by Gasteiger charge is -2.11. The zero-order valence-electron chi connectivity index (χ0n) is 22.4. The molecule has 4 heterocycles. The van der Waals surface area contributed by atoms with Gasteiger partial charge in [-0.2, -0.15) is 0 Å². The molecule has 0 bridgehead atoms. The average molecular weight is 536 g/mol. The zero-order valence-corrected chi connectivity index (χ0v) is 22.4. The van der Waals surface area contributed by atoms with Gasteiger partial charge in [-0.1, -0.05) is 66.7 Å². The molecule has 10 rings (SSSR count). The molecule has 0 atom stereocenters. The predicted octanol–water partition coefficient (Wildman–Crippen LogP) is 9.94. The number of furan rings is 1. The van der Waals surface area contributed by atoms with Gasteiger partial charge in [0.25, 0.3) is 0 Å². The first kappa shape index (κ1) is 22.0. The fourth-order valence-electron chi connectivity index (χ4n) is 6.94. The van der Waals surface area contributed by atoms with Crippen LogP contribution in [0.5, 0.6) is 0 Å². The summed E-state index contributed by atoms with van der Waals surface area (Å²) in [6.45, 7) is 0. The van der Waals surface area contributed by atoms with Crippen LogP contribution in [0.25, 0.3) is 94.0 Å². The molecule has 1 aliphatic carbocycles. The minimum absolute atomic E-state index is 0.901. The van der Waals surface area contributed by atoms with Crippen molar-refractivity contribution in [1.29, 1.82) is 0 Å². The highest BCUT2D eigenvalue weighted by molar-refractivity contribution is 6.15. The van der Waals surface area contributed by atoms with Crippen LogP contribution in [0.15, 0.2) is 132 Å². The lowest BCUT2D eigenvalue weighted by Crippen LogP contribution is -1.98. The number of rotatable bonds is 2. The number of para-hydroxylation sites is 2. The molecule has 0 N–H and O–H groups in total. The molecule has 0 radical (unpaired) electrons. The van der Waals surface area contributed by atoms with Crippen LogP contribution < -0.4 is 0 Å². The number of pyridine rings is 2. The summed E-state index contributed by atoms with van der Waals surface area (Å²) in [7, 11) is 0. The van der Waals surface area contributed by atoms with Crippen LogP contribution in [0.1, 0.15) is 0 Å². The third-order valence-corrected chi connectivity index (χ3v) is 8.78. The Kier molecular flexibility index (Phi) is 4.15. The van der Waals surface area contributed by atoms with E-state index >= 15 is 0 Å². The van der Waals surface area contributed by atoms with E-state index in [1.165, 1.54) is 38.4 Å². The summed E-state index contributed by atoms with van der Waals surface area (Å²) in [6, 6.07) is 42.8. The molecule has 0 saturated carbocycles. The maximum Gasteiger partial charge on any atom is 0.138 e. The van der Waals surface area contributed by atoms with Crippen molar-refractivity contribution in [2.45, 2.75) is 0 Å². The maximum atomic E-state index is 6.08. The van der Waals surface area contributed by atoms with Gasteiger partial charge in [-0.15, -0.1) is 0 Å². The van der Waals surface area contributed by atoms with Crippen LogP contribution in [-0.4, -0.2) is 14.5 Å². The minimum Gasteiger partial charge on any atom is -0.456 e. The van der Waals surface area contributed by atoms with Crippen LogP contribution in [0.3, 0.4) is 0 Å². The number of fused-ring (bicyclic) bond motifs is 9. The van der Waals surface area contributed by atoms with Crippen molar-refractivity contribution in [2.24, 2.45) is 0 Å². The molecule has 5 aromatic carbocycles. The van der Waals surface area contributed by atoms with Crippen LogP contribution in [0.4, 0.5) is 0 Å². The molecule has 9 aromatic rings. The minimum atomic E-state index is 0.901. The van der Waals surface area contributed by atoms with Crippen molar-refractivity contribution in [3.05, 3.63) is 128 Å². The molecule has 194 valence electrons. The average Bonchev–Trinajstić information content (AvgIpc) is 3.69. The highest BCUT2D eigenvalue weighted by Gasteiger charge is 2.25. The Hall–Kier alpha value is -5.74. The van der Waals surface area contributed by atoms with Crippen molar-refractivity contribution in [1.82, 2.24) is 14.5 Å². The molecule has 4 aromatic heterocycles. The molecule has 0 saturated heterocycles. The van der Waals surface area contributed by atoms with Gasteiger partial charge in [0.05, 0.1) is 22.2 Å². The molecule has 0 fully saturated rings. The summed E-state index contributed by atoms with van der Waals surface area (Å²) < 4.78 is 8.38. The van der Waals surface area contributed by atoms with Crippen LogP contribution in [-0.2, 0) is 0 Å². The van der Waals surface area contributed by atoms with E-state index in [0.717, 1.165) is 55.6 Å². The Morgan fingerprint density at radius 1 is 0.524 bits per heavy atom. The van der Waals surface area contributed by atoms with E-state index in [4.69, 9.17) is 14.4 Å². The second kappa shape index (κ2) is 7.93. The van der Waals surface area contributed by atoms with E-state index in [9.17, 15) is 0 Å². The summed E-state index contributed by atoms with van der Waals surface area (Å²) in [6.07, 6.45) is 1.88. The van der Waals surface area contributed by atoms with Gasteiger partial charge in [0.15, 0.2) is 0 Å². The predicted molar refractivity (Wildman–Crippen MR) is 171 cm³/mol.